The molecule has 0 radical (unpaired) electrons. The van der Waals surface area contributed by atoms with E-state index in [-0.39, 0.29) is 32.5 Å². The first-order valence-corrected chi connectivity index (χ1v) is 10.1. The van der Waals surface area contributed by atoms with Gasteiger partial charge in [0.25, 0.3) is 5.52 Å². The van der Waals surface area contributed by atoms with Crippen LogP contribution in [-0.4, -0.2) is 41.8 Å². The number of piperazine rings is 1. The maximum Gasteiger partial charge on any atom is 0.347 e. The van der Waals surface area contributed by atoms with E-state index >= 15 is 0 Å². The summed E-state index contributed by atoms with van der Waals surface area (Å²) in [6, 6.07) is 12.6. The van der Waals surface area contributed by atoms with Crippen molar-refractivity contribution < 1.29 is 9.22 Å². The van der Waals surface area contributed by atoms with E-state index in [4.69, 9.17) is 23.2 Å². The number of hydrazine groups is 1. The number of rotatable bonds is 3. The number of para-hydroxylation sites is 1. The summed E-state index contributed by atoms with van der Waals surface area (Å²) >= 11 is 12.0. The predicted octanol–water partition coefficient (Wildman–Crippen LogP) is 2.98. The second-order valence-electron chi connectivity index (χ2n) is 7.03. The molecule has 1 aromatic heterocycles. The van der Waals surface area contributed by atoms with Gasteiger partial charge in [-0.25, -0.2) is 5.01 Å². The number of anilines is 1. The van der Waals surface area contributed by atoms with E-state index in [1.807, 2.05) is 30.3 Å². The third kappa shape index (κ3) is 3.69. The van der Waals surface area contributed by atoms with Crippen LogP contribution in [0.3, 0.4) is 0 Å². The Kier molecular flexibility index (Phi) is 5.55. The summed E-state index contributed by atoms with van der Waals surface area (Å²) < 4.78 is 0.949. The van der Waals surface area contributed by atoms with Crippen LogP contribution in [0, 0.1) is 17.0 Å². The smallest absolute Gasteiger partial charge is 0.347 e. The van der Waals surface area contributed by atoms with Crippen molar-refractivity contribution >= 4 is 45.8 Å². The minimum atomic E-state index is -0.645. The number of carbonyl (C=O) groups excluding carboxylic acids is 1. The van der Waals surface area contributed by atoms with Gasteiger partial charge >= 0.3 is 11.6 Å². The van der Waals surface area contributed by atoms with Gasteiger partial charge in [0.2, 0.25) is 0 Å². The second kappa shape index (κ2) is 8.14. The highest BCUT2D eigenvalue weighted by molar-refractivity contribution is 6.42. The fraction of sp³-hybridized carbons (Fsp3) is 0.250. The van der Waals surface area contributed by atoms with Crippen LogP contribution in [0.15, 0.2) is 42.5 Å². The molecule has 0 unspecified atom stereocenters. The third-order valence-electron chi connectivity index (χ3n) is 5.18. The summed E-state index contributed by atoms with van der Waals surface area (Å²) in [6.45, 7) is 4.00. The quantitative estimate of drug-likeness (QED) is 0.623. The summed E-state index contributed by atoms with van der Waals surface area (Å²) in [5.41, 5.74) is 3.59. The molecule has 1 amide bonds. The van der Waals surface area contributed by atoms with E-state index in [1.165, 1.54) is 19.1 Å². The minimum absolute atomic E-state index is 0.0173. The molecule has 10 heteroatoms. The molecule has 0 aliphatic carbocycles. The van der Waals surface area contributed by atoms with Crippen LogP contribution in [0.1, 0.15) is 16.2 Å². The van der Waals surface area contributed by atoms with Crippen LogP contribution in [0.2, 0.25) is 10.0 Å². The van der Waals surface area contributed by atoms with Gasteiger partial charge < -0.3 is 14.8 Å². The molecule has 2 aromatic carbocycles. The van der Waals surface area contributed by atoms with E-state index in [0.717, 1.165) is 5.69 Å². The monoisotopic (exact) mass is 447 g/mol. The van der Waals surface area contributed by atoms with Gasteiger partial charge in [-0.1, -0.05) is 41.4 Å². The van der Waals surface area contributed by atoms with Crippen LogP contribution in [0.5, 0.6) is 0 Å². The third-order valence-corrected chi connectivity index (χ3v) is 5.90. The summed E-state index contributed by atoms with van der Waals surface area (Å²) in [4.78, 5) is 27.9. The lowest BCUT2D eigenvalue weighted by atomic mass is 10.2. The molecule has 3 aromatic rings. The Morgan fingerprint density at radius 3 is 2.37 bits per heavy atom. The Hall–Kier alpha value is -2.81. The van der Waals surface area contributed by atoms with Crippen LogP contribution in [0.4, 0.5) is 5.69 Å². The van der Waals surface area contributed by atoms with Crippen molar-refractivity contribution in [3.8, 4) is 0 Å². The van der Waals surface area contributed by atoms with Crippen LogP contribution < -0.4 is 14.8 Å². The zero-order valence-corrected chi connectivity index (χ0v) is 17.7. The highest BCUT2D eigenvalue weighted by atomic mass is 35.5. The van der Waals surface area contributed by atoms with Gasteiger partial charge in [-0.15, -0.1) is 0 Å². The van der Waals surface area contributed by atoms with Crippen molar-refractivity contribution in [2.75, 3.05) is 31.1 Å². The average molecular weight is 448 g/mol. The molecule has 1 fully saturated rings. The average Bonchev–Trinajstić information content (AvgIpc) is 2.75. The zero-order chi connectivity index (χ0) is 21.4. The molecule has 1 aliphatic rings. The first-order valence-electron chi connectivity index (χ1n) is 9.37. The van der Waals surface area contributed by atoms with Crippen molar-refractivity contribution in [2.24, 2.45) is 0 Å². The molecule has 1 aliphatic heterocycles. The molecule has 2 heterocycles. The fourth-order valence-corrected chi connectivity index (χ4v) is 3.88. The highest BCUT2D eigenvalue weighted by Crippen LogP contribution is 2.27. The summed E-state index contributed by atoms with van der Waals surface area (Å²) in [5.74, 6) is -0.645. The number of nitrogens with zero attached hydrogens (tertiary/aromatic N) is 4. The highest BCUT2D eigenvalue weighted by Gasteiger charge is 2.30. The Labute approximate surface area is 182 Å². The number of fused-ring (bicyclic) bond motifs is 1. The zero-order valence-electron chi connectivity index (χ0n) is 16.1. The number of amides is 1. The molecule has 4 rings (SSSR count). The lowest BCUT2D eigenvalue weighted by Crippen LogP contribution is -2.54. The Morgan fingerprint density at radius 1 is 1.07 bits per heavy atom. The minimum Gasteiger partial charge on any atom is -0.805 e. The van der Waals surface area contributed by atoms with Crippen LogP contribution >= 0.6 is 23.2 Å². The Morgan fingerprint density at radius 2 is 1.70 bits per heavy atom. The largest absolute Gasteiger partial charge is 0.805 e. The molecule has 0 atom stereocenters. The number of hydrogen-bond acceptors (Lipinski definition) is 5. The molecule has 0 bridgehead atoms. The molecular formula is C20H19Cl2N5O3. The number of hydrogen-bond donors (Lipinski definition) is 1. The molecular weight excluding hydrogens is 429 g/mol. The first-order chi connectivity index (χ1) is 14.4. The lowest BCUT2D eigenvalue weighted by Gasteiger charge is -2.35. The maximum atomic E-state index is 12.9. The predicted molar refractivity (Wildman–Crippen MR) is 117 cm³/mol. The lowest BCUT2D eigenvalue weighted by molar-refractivity contribution is -0.468. The van der Waals surface area contributed by atoms with E-state index < -0.39 is 5.91 Å². The first kappa shape index (κ1) is 20.5. The summed E-state index contributed by atoms with van der Waals surface area (Å²) in [6.07, 6.45) is 0. The Bertz CT molecular complexity index is 1170. The van der Waals surface area contributed by atoms with Crippen molar-refractivity contribution in [1.29, 1.82) is 0 Å². The van der Waals surface area contributed by atoms with E-state index in [1.54, 1.807) is 5.01 Å². The van der Waals surface area contributed by atoms with Crippen molar-refractivity contribution in [3.63, 3.8) is 0 Å². The molecule has 1 saturated heterocycles. The van der Waals surface area contributed by atoms with Gasteiger partial charge in [0.15, 0.2) is 0 Å². The molecule has 30 heavy (non-hydrogen) atoms. The van der Waals surface area contributed by atoms with Gasteiger partial charge in [-0.3, -0.25) is 10.2 Å². The van der Waals surface area contributed by atoms with Crippen molar-refractivity contribution in [2.45, 2.75) is 6.92 Å². The van der Waals surface area contributed by atoms with Crippen molar-refractivity contribution in [3.05, 3.63) is 74.0 Å². The van der Waals surface area contributed by atoms with E-state index in [0.29, 0.717) is 35.3 Å². The van der Waals surface area contributed by atoms with Gasteiger partial charge in [-0.05, 0) is 25.1 Å². The topological polar surface area (TPSA) is 86.5 Å². The number of halogens is 2. The van der Waals surface area contributed by atoms with Gasteiger partial charge in [0, 0.05) is 42.8 Å². The summed E-state index contributed by atoms with van der Waals surface area (Å²) in [7, 11) is 0. The van der Waals surface area contributed by atoms with E-state index in [9.17, 15) is 14.9 Å². The normalized spacial score (nSPS) is 14.8. The van der Waals surface area contributed by atoms with Gasteiger partial charge in [0.1, 0.15) is 5.52 Å². The van der Waals surface area contributed by atoms with Crippen LogP contribution in [0.25, 0.3) is 11.0 Å². The van der Waals surface area contributed by atoms with Gasteiger partial charge in [0.05, 0.1) is 20.2 Å². The van der Waals surface area contributed by atoms with Crippen LogP contribution in [-0.2, 0) is 0 Å². The number of aromatic nitrogens is 2. The number of carbonyl (C=O) groups is 1. The molecule has 0 spiro atoms. The molecule has 8 nitrogen and oxygen atoms in total. The summed E-state index contributed by atoms with van der Waals surface area (Å²) in [5, 5.41) is 14.6. The molecule has 0 saturated carbocycles. The van der Waals surface area contributed by atoms with Crippen molar-refractivity contribution in [1.82, 2.24) is 15.2 Å². The maximum absolute atomic E-state index is 12.9. The van der Waals surface area contributed by atoms with Gasteiger partial charge in [-0.2, -0.15) is 0 Å². The SMILES string of the molecule is Cc1c(C(=O)NN2CCN(c3ccccc3)CC2)[n+](=O)c2cc(Cl)c(Cl)cc2n1[O-]. The number of nitrogens with one attached hydrogen (secondary N) is 1. The standard InChI is InChI=1S/C20H19Cl2N5O3/c1-13-19(27(30)18-12-16(22)15(21)11-17(18)26(13)29)20(28)23-25-9-7-24(8-10-25)14-5-3-2-4-6-14/h2-6,11-12H,7-10H2,1H3,(H,23,28). The molecule has 1 N–H and O–H groups in total. The fourth-order valence-electron chi connectivity index (χ4n) is 3.56. The van der Waals surface area contributed by atoms with E-state index in [2.05, 4.69) is 10.3 Å². The number of benzene rings is 2. The molecule has 156 valence electrons. The Balaban J connectivity index is 1.56. The second-order valence-corrected chi connectivity index (χ2v) is 7.84.